The zero-order chi connectivity index (χ0) is 15.6. The van der Waals surface area contributed by atoms with E-state index in [1.807, 2.05) is 53.1 Å². The van der Waals surface area contributed by atoms with Gasteiger partial charge in [0.05, 0.1) is 5.69 Å². The summed E-state index contributed by atoms with van der Waals surface area (Å²) in [6, 6.07) is 16.9. The maximum Gasteiger partial charge on any atom is 0.160 e. The summed E-state index contributed by atoms with van der Waals surface area (Å²) in [7, 11) is 0. The van der Waals surface area contributed by atoms with E-state index in [2.05, 4.69) is 15.2 Å². The van der Waals surface area contributed by atoms with E-state index in [9.17, 15) is 5.11 Å². The summed E-state index contributed by atoms with van der Waals surface area (Å²) >= 11 is 0. The Kier molecular flexibility index (Phi) is 3.24. The molecule has 0 amide bonds. The van der Waals surface area contributed by atoms with Crippen LogP contribution >= 0.6 is 0 Å². The Morgan fingerprint density at radius 3 is 2.57 bits per heavy atom. The van der Waals surface area contributed by atoms with E-state index in [0.29, 0.717) is 6.42 Å². The number of hydrogen-bond donors (Lipinski definition) is 1. The van der Waals surface area contributed by atoms with E-state index >= 15 is 0 Å². The van der Waals surface area contributed by atoms with Crippen LogP contribution in [0, 0.1) is 0 Å². The molecule has 5 heteroatoms. The SMILES string of the molecule is Oc1ccc(Cc2nnc3ccc(-c4ccccn4)cn23)cc1. The highest BCUT2D eigenvalue weighted by molar-refractivity contribution is 5.60. The van der Waals surface area contributed by atoms with Crippen molar-refractivity contribution < 1.29 is 5.11 Å². The largest absolute Gasteiger partial charge is 0.508 e. The molecule has 0 aliphatic heterocycles. The first kappa shape index (κ1) is 13.5. The number of pyridine rings is 2. The summed E-state index contributed by atoms with van der Waals surface area (Å²) in [4.78, 5) is 4.38. The van der Waals surface area contributed by atoms with Crippen molar-refractivity contribution in [1.82, 2.24) is 19.6 Å². The minimum absolute atomic E-state index is 0.261. The monoisotopic (exact) mass is 302 g/mol. The number of benzene rings is 1. The summed E-state index contributed by atoms with van der Waals surface area (Å²) in [5.41, 5.74) is 3.81. The molecule has 0 saturated heterocycles. The Hall–Kier alpha value is -3.21. The van der Waals surface area contributed by atoms with E-state index in [1.165, 1.54) is 0 Å². The van der Waals surface area contributed by atoms with Crippen LogP contribution in [0.3, 0.4) is 0 Å². The van der Waals surface area contributed by atoms with Crippen molar-refractivity contribution in [3.8, 4) is 17.0 Å². The molecule has 0 saturated carbocycles. The first-order chi connectivity index (χ1) is 11.3. The normalized spacial score (nSPS) is 11.0. The number of hydrogen-bond acceptors (Lipinski definition) is 4. The second kappa shape index (κ2) is 5.53. The Morgan fingerprint density at radius 1 is 0.913 bits per heavy atom. The summed E-state index contributed by atoms with van der Waals surface area (Å²) in [5, 5.41) is 17.9. The van der Waals surface area contributed by atoms with Crippen LogP contribution in [0.1, 0.15) is 11.4 Å². The molecule has 5 nitrogen and oxygen atoms in total. The van der Waals surface area contributed by atoms with Crippen LogP contribution < -0.4 is 0 Å². The average molecular weight is 302 g/mol. The van der Waals surface area contributed by atoms with Crippen molar-refractivity contribution in [2.75, 3.05) is 0 Å². The van der Waals surface area contributed by atoms with Gasteiger partial charge in [0.2, 0.25) is 0 Å². The van der Waals surface area contributed by atoms with Crippen molar-refractivity contribution in [2.24, 2.45) is 0 Å². The molecule has 3 aromatic heterocycles. The van der Waals surface area contributed by atoms with Gasteiger partial charge in [0.1, 0.15) is 11.6 Å². The molecule has 0 aliphatic carbocycles. The van der Waals surface area contributed by atoms with Crippen LogP contribution in [0.4, 0.5) is 0 Å². The van der Waals surface area contributed by atoms with Gasteiger partial charge in [0.25, 0.3) is 0 Å². The number of aromatic hydroxyl groups is 1. The lowest BCUT2D eigenvalue weighted by Crippen LogP contribution is -1.97. The van der Waals surface area contributed by atoms with Gasteiger partial charge in [-0.15, -0.1) is 10.2 Å². The van der Waals surface area contributed by atoms with Crippen LogP contribution in [0.5, 0.6) is 5.75 Å². The lowest BCUT2D eigenvalue weighted by Gasteiger charge is -2.04. The van der Waals surface area contributed by atoms with Gasteiger partial charge >= 0.3 is 0 Å². The summed E-state index contributed by atoms with van der Waals surface area (Å²) in [5.74, 6) is 1.11. The van der Waals surface area contributed by atoms with Crippen LogP contribution in [0.25, 0.3) is 16.9 Å². The van der Waals surface area contributed by atoms with Gasteiger partial charge in [-0.25, -0.2) is 0 Å². The second-order valence-corrected chi connectivity index (χ2v) is 5.32. The van der Waals surface area contributed by atoms with Gasteiger partial charge in [0, 0.05) is 24.4 Å². The Morgan fingerprint density at radius 2 is 1.78 bits per heavy atom. The first-order valence-corrected chi connectivity index (χ1v) is 7.32. The zero-order valence-electron chi connectivity index (χ0n) is 12.3. The van der Waals surface area contributed by atoms with Crippen LogP contribution in [-0.4, -0.2) is 24.7 Å². The number of nitrogens with zero attached hydrogens (tertiary/aromatic N) is 4. The predicted octanol–water partition coefficient (Wildman–Crippen LogP) is 3.09. The number of aromatic nitrogens is 4. The molecule has 3 heterocycles. The molecule has 4 rings (SSSR count). The Balaban J connectivity index is 1.74. The van der Waals surface area contributed by atoms with Crippen molar-refractivity contribution in [3.05, 3.63) is 78.4 Å². The molecule has 0 bridgehead atoms. The van der Waals surface area contributed by atoms with Gasteiger partial charge in [-0.1, -0.05) is 18.2 Å². The molecule has 0 atom stereocenters. The van der Waals surface area contributed by atoms with Crippen LogP contribution in [0.15, 0.2) is 67.0 Å². The summed E-state index contributed by atoms with van der Waals surface area (Å²) < 4.78 is 1.98. The van der Waals surface area contributed by atoms with Crippen molar-refractivity contribution in [2.45, 2.75) is 6.42 Å². The maximum atomic E-state index is 9.38. The summed E-state index contributed by atoms with van der Waals surface area (Å²) in [6.45, 7) is 0. The van der Waals surface area contributed by atoms with Crippen LogP contribution in [0.2, 0.25) is 0 Å². The standard InChI is InChI=1S/C18H14N4O/c23-15-7-4-13(5-8-15)11-18-21-20-17-9-6-14(12-22(17)18)16-3-1-2-10-19-16/h1-10,12,23H,11H2. The highest BCUT2D eigenvalue weighted by atomic mass is 16.3. The molecule has 0 radical (unpaired) electrons. The fourth-order valence-corrected chi connectivity index (χ4v) is 2.54. The average Bonchev–Trinajstić information content (AvgIpc) is 3.00. The molecule has 112 valence electrons. The predicted molar refractivity (Wildman–Crippen MR) is 87.1 cm³/mol. The van der Waals surface area contributed by atoms with Gasteiger partial charge < -0.3 is 5.11 Å². The Bertz CT molecular complexity index is 946. The first-order valence-electron chi connectivity index (χ1n) is 7.32. The van der Waals surface area contributed by atoms with Crippen LogP contribution in [-0.2, 0) is 6.42 Å². The third kappa shape index (κ3) is 2.64. The summed E-state index contributed by atoms with van der Waals surface area (Å²) in [6.07, 6.45) is 4.43. The number of phenols is 1. The topological polar surface area (TPSA) is 63.3 Å². The molecule has 0 spiro atoms. The zero-order valence-corrected chi connectivity index (χ0v) is 12.3. The minimum atomic E-state index is 0.261. The molecule has 4 aromatic rings. The van der Waals surface area contributed by atoms with E-state index in [4.69, 9.17) is 0 Å². The molecular formula is C18H14N4O. The number of fused-ring (bicyclic) bond motifs is 1. The quantitative estimate of drug-likeness (QED) is 0.631. The fourth-order valence-electron chi connectivity index (χ4n) is 2.54. The third-order valence-electron chi connectivity index (χ3n) is 3.73. The molecular weight excluding hydrogens is 288 g/mol. The van der Waals surface area contributed by atoms with E-state index in [1.54, 1.807) is 18.3 Å². The molecule has 1 aromatic carbocycles. The highest BCUT2D eigenvalue weighted by Crippen LogP contribution is 2.19. The molecule has 23 heavy (non-hydrogen) atoms. The lowest BCUT2D eigenvalue weighted by atomic mass is 10.1. The molecule has 1 N–H and O–H groups in total. The van der Waals surface area contributed by atoms with Gasteiger partial charge in [-0.2, -0.15) is 0 Å². The second-order valence-electron chi connectivity index (χ2n) is 5.32. The highest BCUT2D eigenvalue weighted by Gasteiger charge is 2.08. The Labute approximate surface area is 132 Å². The maximum absolute atomic E-state index is 9.38. The lowest BCUT2D eigenvalue weighted by molar-refractivity contribution is 0.475. The van der Waals surface area contributed by atoms with Crippen molar-refractivity contribution in [3.63, 3.8) is 0 Å². The van der Waals surface area contributed by atoms with Crippen molar-refractivity contribution >= 4 is 5.65 Å². The van der Waals surface area contributed by atoms with E-state index in [0.717, 1.165) is 28.3 Å². The van der Waals surface area contributed by atoms with Gasteiger partial charge in [-0.05, 0) is 42.0 Å². The number of rotatable bonds is 3. The fraction of sp³-hybridized carbons (Fsp3) is 0.0556. The van der Waals surface area contributed by atoms with E-state index in [-0.39, 0.29) is 5.75 Å². The van der Waals surface area contributed by atoms with E-state index < -0.39 is 0 Å². The van der Waals surface area contributed by atoms with Gasteiger partial charge in [-0.3, -0.25) is 9.38 Å². The van der Waals surface area contributed by atoms with Crippen molar-refractivity contribution in [1.29, 1.82) is 0 Å². The minimum Gasteiger partial charge on any atom is -0.508 e. The van der Waals surface area contributed by atoms with Gasteiger partial charge in [0.15, 0.2) is 5.65 Å². The molecule has 0 unspecified atom stereocenters. The molecule has 0 aliphatic rings. The molecule has 0 fully saturated rings. The number of phenolic OH excluding ortho intramolecular Hbond substituents is 1. The third-order valence-corrected chi connectivity index (χ3v) is 3.73. The smallest absolute Gasteiger partial charge is 0.160 e.